The molecule has 4 heterocycles. The molecule has 0 amide bonds. The van der Waals surface area contributed by atoms with Crippen LogP contribution in [0.25, 0.3) is 10.9 Å². The monoisotopic (exact) mass is 328 g/mol. The van der Waals surface area contributed by atoms with Gasteiger partial charge in [0.1, 0.15) is 16.7 Å². The number of hydrogen-bond donors (Lipinski definition) is 3. The number of H-pyrrole nitrogens is 1. The predicted octanol–water partition coefficient (Wildman–Crippen LogP) is 1.93. The Morgan fingerprint density at radius 1 is 1.29 bits per heavy atom. The van der Waals surface area contributed by atoms with Crippen molar-refractivity contribution in [3.63, 3.8) is 0 Å². The molecular formula is C16H17FN6O. The minimum absolute atomic E-state index is 0.187. The van der Waals surface area contributed by atoms with Crippen molar-refractivity contribution in [2.24, 2.45) is 0 Å². The van der Waals surface area contributed by atoms with Crippen LogP contribution in [-0.2, 0) is 0 Å². The van der Waals surface area contributed by atoms with Gasteiger partial charge in [0.2, 0.25) is 5.95 Å². The summed E-state index contributed by atoms with van der Waals surface area (Å²) >= 11 is 0. The van der Waals surface area contributed by atoms with Crippen LogP contribution in [0.1, 0.15) is 18.9 Å². The molecule has 3 aromatic heterocycles. The highest BCUT2D eigenvalue weighted by atomic mass is 19.1. The predicted molar refractivity (Wildman–Crippen MR) is 89.0 cm³/mol. The summed E-state index contributed by atoms with van der Waals surface area (Å²) in [6, 6.07) is 4.91. The van der Waals surface area contributed by atoms with Gasteiger partial charge in [-0.1, -0.05) is 0 Å². The Bertz CT molecular complexity index is 928. The summed E-state index contributed by atoms with van der Waals surface area (Å²) in [5.41, 5.74) is 0.932. The molecule has 3 aromatic rings. The highest BCUT2D eigenvalue weighted by Gasteiger charge is 2.22. The third-order valence-corrected chi connectivity index (χ3v) is 4.26. The number of aromatic nitrogens is 4. The first-order chi connectivity index (χ1) is 11.7. The van der Waals surface area contributed by atoms with Crippen molar-refractivity contribution < 1.29 is 4.39 Å². The van der Waals surface area contributed by atoms with Gasteiger partial charge in [-0.2, -0.15) is 9.49 Å². The maximum absolute atomic E-state index is 13.4. The molecule has 0 aliphatic carbocycles. The summed E-state index contributed by atoms with van der Waals surface area (Å²) < 4.78 is 15.3. The molecule has 1 fully saturated rings. The standard InChI is InChI=1S/C16H17FN6O/c17-13-9-10(1-7-19-13)21-15-14-12(4-8-20-16(14)24)22-23(15)11-2-5-18-6-3-11/h1,4,7-9,11,18H,2-3,5-6H2,(H,19,21)(H,20,24). The molecule has 124 valence electrons. The van der Waals surface area contributed by atoms with E-state index < -0.39 is 5.95 Å². The maximum Gasteiger partial charge on any atom is 0.261 e. The number of piperidine rings is 1. The zero-order valence-electron chi connectivity index (χ0n) is 12.9. The van der Waals surface area contributed by atoms with E-state index in [1.807, 2.05) is 4.68 Å². The van der Waals surface area contributed by atoms with Gasteiger partial charge in [0, 0.05) is 24.1 Å². The van der Waals surface area contributed by atoms with Crippen molar-refractivity contribution in [3.05, 3.63) is 46.9 Å². The fraction of sp³-hybridized carbons (Fsp3) is 0.312. The second-order valence-corrected chi connectivity index (χ2v) is 5.83. The average Bonchev–Trinajstić information content (AvgIpc) is 2.96. The van der Waals surface area contributed by atoms with Crippen LogP contribution in [0.4, 0.5) is 15.9 Å². The van der Waals surface area contributed by atoms with Crippen LogP contribution in [0.2, 0.25) is 0 Å². The lowest BCUT2D eigenvalue weighted by molar-refractivity contribution is 0.348. The molecule has 0 saturated carbocycles. The minimum atomic E-state index is -0.578. The number of anilines is 2. The second kappa shape index (κ2) is 6.04. The van der Waals surface area contributed by atoms with Crippen LogP contribution in [0.5, 0.6) is 0 Å². The summed E-state index contributed by atoms with van der Waals surface area (Å²) in [6.07, 6.45) is 4.81. The molecule has 3 N–H and O–H groups in total. The van der Waals surface area contributed by atoms with E-state index in [1.165, 1.54) is 12.3 Å². The summed E-state index contributed by atoms with van der Waals surface area (Å²) in [6.45, 7) is 1.81. The van der Waals surface area contributed by atoms with Crippen LogP contribution in [0, 0.1) is 5.95 Å². The van der Waals surface area contributed by atoms with Crippen molar-refractivity contribution in [1.29, 1.82) is 0 Å². The van der Waals surface area contributed by atoms with E-state index in [1.54, 1.807) is 18.3 Å². The quantitative estimate of drug-likeness (QED) is 0.640. The zero-order valence-corrected chi connectivity index (χ0v) is 12.9. The lowest BCUT2D eigenvalue weighted by Gasteiger charge is -2.25. The SMILES string of the molecule is O=c1[nH]ccc2nn(C3CCNCC3)c(Nc3ccnc(F)c3)c12. The Hall–Kier alpha value is -2.74. The van der Waals surface area contributed by atoms with Gasteiger partial charge in [-0.15, -0.1) is 0 Å². The fourth-order valence-corrected chi connectivity index (χ4v) is 3.11. The van der Waals surface area contributed by atoms with E-state index in [-0.39, 0.29) is 11.6 Å². The van der Waals surface area contributed by atoms with Crippen LogP contribution in [0.3, 0.4) is 0 Å². The molecule has 0 spiro atoms. The lowest BCUT2D eigenvalue weighted by Crippen LogP contribution is -2.30. The van der Waals surface area contributed by atoms with E-state index in [0.717, 1.165) is 25.9 Å². The Labute approximate surface area is 136 Å². The smallest absolute Gasteiger partial charge is 0.261 e. The molecule has 0 unspecified atom stereocenters. The van der Waals surface area contributed by atoms with Gasteiger partial charge >= 0.3 is 0 Å². The summed E-state index contributed by atoms with van der Waals surface area (Å²) in [4.78, 5) is 18.5. The molecule has 0 radical (unpaired) electrons. The number of aromatic amines is 1. The first kappa shape index (κ1) is 14.8. The van der Waals surface area contributed by atoms with E-state index in [0.29, 0.717) is 22.4 Å². The van der Waals surface area contributed by atoms with Crippen LogP contribution in [-0.4, -0.2) is 32.8 Å². The Morgan fingerprint density at radius 3 is 2.92 bits per heavy atom. The van der Waals surface area contributed by atoms with Gasteiger partial charge in [-0.25, -0.2) is 9.67 Å². The first-order valence-corrected chi connectivity index (χ1v) is 7.91. The number of fused-ring (bicyclic) bond motifs is 1. The van der Waals surface area contributed by atoms with Gasteiger partial charge in [0.15, 0.2) is 0 Å². The number of nitrogens with zero attached hydrogens (tertiary/aromatic N) is 3. The summed E-state index contributed by atoms with van der Waals surface area (Å²) in [5, 5.41) is 11.6. The van der Waals surface area contributed by atoms with Crippen molar-refractivity contribution >= 4 is 22.4 Å². The van der Waals surface area contributed by atoms with Gasteiger partial charge < -0.3 is 15.6 Å². The molecule has 1 aliphatic rings. The molecule has 1 aliphatic heterocycles. The van der Waals surface area contributed by atoms with E-state index in [2.05, 4.69) is 25.7 Å². The van der Waals surface area contributed by atoms with Gasteiger partial charge in [0.05, 0.1) is 6.04 Å². The highest BCUT2D eigenvalue weighted by Crippen LogP contribution is 2.30. The van der Waals surface area contributed by atoms with Crippen molar-refractivity contribution in [2.75, 3.05) is 18.4 Å². The molecule has 0 atom stereocenters. The molecule has 7 nitrogen and oxygen atoms in total. The summed E-state index contributed by atoms with van der Waals surface area (Å²) in [5.74, 6) is 0.00972. The maximum atomic E-state index is 13.4. The zero-order chi connectivity index (χ0) is 16.5. The van der Waals surface area contributed by atoms with Crippen LogP contribution in [0.15, 0.2) is 35.4 Å². The molecular weight excluding hydrogens is 311 g/mol. The Morgan fingerprint density at radius 2 is 2.12 bits per heavy atom. The topological polar surface area (TPSA) is 87.6 Å². The fourth-order valence-electron chi connectivity index (χ4n) is 3.11. The number of nitrogens with one attached hydrogen (secondary N) is 3. The average molecular weight is 328 g/mol. The normalized spacial score (nSPS) is 15.7. The number of hydrogen-bond acceptors (Lipinski definition) is 5. The highest BCUT2D eigenvalue weighted by molar-refractivity contribution is 5.91. The lowest BCUT2D eigenvalue weighted by atomic mass is 10.1. The van der Waals surface area contributed by atoms with E-state index >= 15 is 0 Å². The van der Waals surface area contributed by atoms with Crippen molar-refractivity contribution in [2.45, 2.75) is 18.9 Å². The van der Waals surface area contributed by atoms with Gasteiger partial charge in [-0.05, 0) is 38.1 Å². The van der Waals surface area contributed by atoms with Crippen molar-refractivity contribution in [3.8, 4) is 0 Å². The second-order valence-electron chi connectivity index (χ2n) is 5.83. The van der Waals surface area contributed by atoms with Gasteiger partial charge in [0.25, 0.3) is 5.56 Å². The molecule has 1 saturated heterocycles. The molecule has 0 aromatic carbocycles. The molecule has 4 rings (SSSR count). The van der Waals surface area contributed by atoms with Crippen LogP contribution >= 0.6 is 0 Å². The third kappa shape index (κ3) is 2.65. The summed E-state index contributed by atoms with van der Waals surface area (Å²) in [7, 11) is 0. The van der Waals surface area contributed by atoms with E-state index in [4.69, 9.17) is 0 Å². The third-order valence-electron chi connectivity index (χ3n) is 4.26. The number of halogens is 1. The Kier molecular flexibility index (Phi) is 3.73. The van der Waals surface area contributed by atoms with Crippen molar-refractivity contribution in [1.82, 2.24) is 25.1 Å². The number of pyridine rings is 2. The Balaban J connectivity index is 1.85. The molecule has 24 heavy (non-hydrogen) atoms. The minimum Gasteiger partial charge on any atom is -0.340 e. The first-order valence-electron chi connectivity index (χ1n) is 7.91. The molecule has 8 heteroatoms. The number of rotatable bonds is 3. The molecule has 0 bridgehead atoms. The van der Waals surface area contributed by atoms with E-state index in [9.17, 15) is 9.18 Å². The largest absolute Gasteiger partial charge is 0.340 e. The van der Waals surface area contributed by atoms with Gasteiger partial charge in [-0.3, -0.25) is 4.79 Å². The van der Waals surface area contributed by atoms with Crippen LogP contribution < -0.4 is 16.2 Å².